The number of aliphatic hydroxyl groups is 2. The van der Waals surface area contributed by atoms with Crippen molar-refractivity contribution in [1.29, 1.82) is 0 Å². The second kappa shape index (κ2) is 8.40. The monoisotopic (exact) mass is 335 g/mol. The number of aliphatic hydroxyl groups excluding tert-OH is 1. The van der Waals surface area contributed by atoms with Gasteiger partial charge in [-0.1, -0.05) is 37.5 Å². The Hall–Kier alpha value is -1.72. The summed E-state index contributed by atoms with van der Waals surface area (Å²) in [5.74, 6) is -0.907. The number of primary amides is 1. The van der Waals surface area contributed by atoms with Crippen LogP contribution in [0, 0.1) is 5.82 Å². The van der Waals surface area contributed by atoms with Gasteiger partial charge in [-0.2, -0.15) is 0 Å². The molecule has 24 heavy (non-hydrogen) atoms. The third-order valence-electron chi connectivity index (χ3n) is 4.59. The highest BCUT2D eigenvalue weighted by molar-refractivity contribution is 5.73. The lowest BCUT2D eigenvalue weighted by atomic mass is 9.84. The lowest BCUT2D eigenvalue weighted by Crippen LogP contribution is -2.28. The molecule has 1 saturated carbocycles. The SMILES string of the molecule is NC(=O)CCCC(O)c1cc(C=CC2(O)CCCCC2)ccc1F. The molecule has 4 nitrogen and oxygen atoms in total. The van der Waals surface area contributed by atoms with Crippen LogP contribution in [0.4, 0.5) is 4.39 Å². The van der Waals surface area contributed by atoms with E-state index in [1.807, 2.05) is 0 Å². The summed E-state index contributed by atoms with van der Waals surface area (Å²) in [5, 5.41) is 20.6. The van der Waals surface area contributed by atoms with Crippen LogP contribution in [-0.2, 0) is 4.79 Å². The van der Waals surface area contributed by atoms with E-state index in [0.29, 0.717) is 6.42 Å². The Kier molecular flexibility index (Phi) is 6.52. The minimum atomic E-state index is -0.976. The van der Waals surface area contributed by atoms with E-state index in [0.717, 1.165) is 37.7 Å². The van der Waals surface area contributed by atoms with Crippen LogP contribution in [0.2, 0.25) is 0 Å². The molecular formula is C19H26FNO3. The summed E-state index contributed by atoms with van der Waals surface area (Å²) in [6.45, 7) is 0. The standard InChI is InChI=1S/C19H26FNO3/c20-16-8-7-14(9-12-19(24)10-2-1-3-11-19)13-15(16)17(22)5-4-6-18(21)23/h7-9,12-13,17,22,24H,1-6,10-11H2,(H2,21,23). The summed E-state index contributed by atoms with van der Waals surface area (Å²) >= 11 is 0. The van der Waals surface area contributed by atoms with Crippen LogP contribution in [-0.4, -0.2) is 21.7 Å². The van der Waals surface area contributed by atoms with E-state index in [4.69, 9.17) is 5.73 Å². The zero-order valence-corrected chi connectivity index (χ0v) is 13.9. The molecule has 2 rings (SSSR count). The molecule has 1 amide bonds. The predicted molar refractivity (Wildman–Crippen MR) is 91.5 cm³/mol. The maximum Gasteiger partial charge on any atom is 0.217 e. The zero-order valence-electron chi connectivity index (χ0n) is 13.9. The quantitative estimate of drug-likeness (QED) is 0.715. The first-order valence-electron chi connectivity index (χ1n) is 8.57. The average Bonchev–Trinajstić information content (AvgIpc) is 2.54. The molecule has 0 aliphatic heterocycles. The van der Waals surface area contributed by atoms with E-state index in [2.05, 4.69) is 0 Å². The van der Waals surface area contributed by atoms with E-state index in [9.17, 15) is 19.4 Å². The van der Waals surface area contributed by atoms with Crippen LogP contribution >= 0.6 is 0 Å². The second-order valence-electron chi connectivity index (χ2n) is 6.65. The van der Waals surface area contributed by atoms with Gasteiger partial charge in [-0.3, -0.25) is 4.79 Å². The van der Waals surface area contributed by atoms with Crippen molar-refractivity contribution in [1.82, 2.24) is 0 Å². The third-order valence-corrected chi connectivity index (χ3v) is 4.59. The Morgan fingerprint density at radius 3 is 2.71 bits per heavy atom. The van der Waals surface area contributed by atoms with Crippen LogP contribution in [0.1, 0.15) is 68.6 Å². The lowest BCUT2D eigenvalue weighted by Gasteiger charge is -2.28. The Morgan fingerprint density at radius 1 is 1.33 bits per heavy atom. The van der Waals surface area contributed by atoms with Crippen molar-refractivity contribution in [3.8, 4) is 0 Å². The summed E-state index contributed by atoms with van der Waals surface area (Å²) < 4.78 is 14.0. The largest absolute Gasteiger partial charge is 0.388 e. The van der Waals surface area contributed by atoms with Crippen molar-refractivity contribution in [3.63, 3.8) is 0 Å². The molecule has 5 heteroatoms. The zero-order chi connectivity index (χ0) is 17.6. The molecular weight excluding hydrogens is 309 g/mol. The van der Waals surface area contributed by atoms with Gasteiger partial charge in [0.15, 0.2) is 0 Å². The number of carbonyl (C=O) groups is 1. The third kappa shape index (κ3) is 5.42. The highest BCUT2D eigenvalue weighted by Gasteiger charge is 2.25. The topological polar surface area (TPSA) is 83.6 Å². The number of halogens is 1. The summed E-state index contributed by atoms with van der Waals surface area (Å²) in [4.78, 5) is 10.7. The van der Waals surface area contributed by atoms with Crippen molar-refractivity contribution >= 4 is 12.0 Å². The summed E-state index contributed by atoms with van der Waals surface area (Å²) in [5.41, 5.74) is 5.22. The van der Waals surface area contributed by atoms with E-state index < -0.39 is 23.4 Å². The molecule has 0 spiro atoms. The fourth-order valence-electron chi connectivity index (χ4n) is 3.13. The summed E-state index contributed by atoms with van der Waals surface area (Å²) in [6, 6.07) is 4.53. The first kappa shape index (κ1) is 18.6. The van der Waals surface area contributed by atoms with Gasteiger partial charge in [0.25, 0.3) is 0 Å². The molecule has 1 aliphatic carbocycles. The minimum absolute atomic E-state index is 0.172. The number of carbonyl (C=O) groups excluding carboxylic acids is 1. The Morgan fingerprint density at radius 2 is 2.04 bits per heavy atom. The van der Waals surface area contributed by atoms with Gasteiger partial charge < -0.3 is 15.9 Å². The van der Waals surface area contributed by atoms with E-state index in [1.165, 1.54) is 6.07 Å². The molecule has 0 radical (unpaired) electrons. The minimum Gasteiger partial charge on any atom is -0.388 e. The normalized spacial score (nSPS) is 18.6. The molecule has 0 aromatic heterocycles. The van der Waals surface area contributed by atoms with E-state index >= 15 is 0 Å². The first-order chi connectivity index (χ1) is 11.4. The smallest absolute Gasteiger partial charge is 0.217 e. The van der Waals surface area contributed by atoms with Crippen molar-refractivity contribution < 1.29 is 19.4 Å². The van der Waals surface area contributed by atoms with Crippen LogP contribution < -0.4 is 5.73 Å². The van der Waals surface area contributed by atoms with Gasteiger partial charge in [-0.05, 0) is 43.4 Å². The molecule has 0 bridgehead atoms. The summed E-state index contributed by atoms with van der Waals surface area (Å²) in [7, 11) is 0. The number of hydrogen-bond acceptors (Lipinski definition) is 3. The number of hydrogen-bond donors (Lipinski definition) is 3. The molecule has 132 valence electrons. The van der Waals surface area contributed by atoms with Crippen LogP contribution in [0.5, 0.6) is 0 Å². The van der Waals surface area contributed by atoms with Gasteiger partial charge in [0.05, 0.1) is 11.7 Å². The molecule has 1 unspecified atom stereocenters. The van der Waals surface area contributed by atoms with Gasteiger partial charge in [0.2, 0.25) is 5.91 Å². The summed E-state index contributed by atoms with van der Waals surface area (Å²) in [6.07, 6.45) is 8.10. The van der Waals surface area contributed by atoms with Gasteiger partial charge in [0.1, 0.15) is 5.82 Å². The molecule has 1 atom stereocenters. The molecule has 0 saturated heterocycles. The number of amides is 1. The first-order valence-corrected chi connectivity index (χ1v) is 8.57. The van der Waals surface area contributed by atoms with Crippen molar-refractivity contribution in [2.45, 2.75) is 63.1 Å². The molecule has 4 N–H and O–H groups in total. The lowest BCUT2D eigenvalue weighted by molar-refractivity contribution is -0.118. The van der Waals surface area contributed by atoms with Gasteiger partial charge in [-0.15, -0.1) is 0 Å². The number of benzene rings is 1. The fourth-order valence-corrected chi connectivity index (χ4v) is 3.13. The second-order valence-corrected chi connectivity index (χ2v) is 6.65. The number of nitrogens with two attached hydrogens (primary N) is 1. The molecule has 1 aromatic rings. The molecule has 0 heterocycles. The maximum absolute atomic E-state index is 14.0. The van der Waals surface area contributed by atoms with Crippen molar-refractivity contribution in [3.05, 3.63) is 41.2 Å². The van der Waals surface area contributed by atoms with E-state index in [1.54, 1.807) is 24.3 Å². The van der Waals surface area contributed by atoms with Crippen LogP contribution in [0.15, 0.2) is 24.3 Å². The number of rotatable bonds is 7. The molecule has 1 aliphatic rings. The highest BCUT2D eigenvalue weighted by Crippen LogP contribution is 2.30. The van der Waals surface area contributed by atoms with Gasteiger partial charge >= 0.3 is 0 Å². The van der Waals surface area contributed by atoms with Gasteiger partial charge in [0, 0.05) is 12.0 Å². The van der Waals surface area contributed by atoms with Crippen LogP contribution in [0.25, 0.3) is 6.08 Å². The Labute approximate surface area is 142 Å². The molecule has 1 fully saturated rings. The average molecular weight is 335 g/mol. The molecule has 1 aromatic carbocycles. The van der Waals surface area contributed by atoms with Gasteiger partial charge in [-0.25, -0.2) is 4.39 Å². The van der Waals surface area contributed by atoms with Crippen LogP contribution in [0.3, 0.4) is 0 Å². The fraction of sp³-hybridized carbons (Fsp3) is 0.526. The van der Waals surface area contributed by atoms with E-state index in [-0.39, 0.29) is 18.4 Å². The maximum atomic E-state index is 14.0. The predicted octanol–water partition coefficient (Wildman–Crippen LogP) is 3.22. The van der Waals surface area contributed by atoms with Crippen molar-refractivity contribution in [2.24, 2.45) is 5.73 Å². The Balaban J connectivity index is 2.05. The highest BCUT2D eigenvalue weighted by atomic mass is 19.1. The Bertz CT molecular complexity index is 594. The van der Waals surface area contributed by atoms with Crippen molar-refractivity contribution in [2.75, 3.05) is 0 Å².